The summed E-state index contributed by atoms with van der Waals surface area (Å²) in [6.07, 6.45) is 5.66. The molecule has 1 aromatic rings. The quantitative estimate of drug-likeness (QED) is 0.731. The largest absolute Gasteiger partial charge is 0.310 e. The number of hydrogen-bond donors (Lipinski definition) is 1. The highest BCUT2D eigenvalue weighted by Gasteiger charge is 2.16. The molecular weight excluding hydrogens is 274 g/mol. The van der Waals surface area contributed by atoms with Crippen LogP contribution >= 0.6 is 23.4 Å². The lowest BCUT2D eigenvalue weighted by Gasteiger charge is -2.14. The van der Waals surface area contributed by atoms with Gasteiger partial charge >= 0.3 is 0 Å². The molecule has 19 heavy (non-hydrogen) atoms. The molecule has 0 saturated heterocycles. The minimum absolute atomic E-state index is 0.517. The second kappa shape index (κ2) is 7.56. The number of thioether (sulfide) groups is 1. The van der Waals surface area contributed by atoms with Crippen molar-refractivity contribution < 1.29 is 0 Å². The fraction of sp³-hybridized carbons (Fsp3) is 0.625. The topological polar surface area (TPSA) is 12.0 Å². The van der Waals surface area contributed by atoms with E-state index >= 15 is 0 Å². The number of nitrogens with one attached hydrogen (secondary N) is 1. The monoisotopic (exact) mass is 297 g/mol. The molecule has 106 valence electrons. The molecule has 0 amide bonds. The van der Waals surface area contributed by atoms with Crippen molar-refractivity contribution in [2.75, 3.05) is 5.75 Å². The Bertz CT molecular complexity index is 400. The lowest BCUT2D eigenvalue weighted by Crippen LogP contribution is -2.22. The van der Waals surface area contributed by atoms with Crippen molar-refractivity contribution >= 4 is 23.4 Å². The lowest BCUT2D eigenvalue weighted by atomic mass is 10.1. The van der Waals surface area contributed by atoms with Gasteiger partial charge in [0.15, 0.2) is 0 Å². The maximum Gasteiger partial charge on any atom is 0.0417 e. The van der Waals surface area contributed by atoms with Crippen LogP contribution in [0.3, 0.4) is 0 Å². The van der Waals surface area contributed by atoms with Crippen LogP contribution in [-0.4, -0.2) is 11.8 Å². The molecule has 0 spiro atoms. The van der Waals surface area contributed by atoms with Gasteiger partial charge in [-0.15, -0.1) is 11.8 Å². The first kappa shape index (κ1) is 15.2. The van der Waals surface area contributed by atoms with Gasteiger partial charge in [-0.05, 0) is 36.5 Å². The first-order valence-corrected chi connectivity index (χ1v) is 8.66. The molecule has 1 aliphatic rings. The molecule has 0 aromatic heterocycles. The van der Waals surface area contributed by atoms with Crippen molar-refractivity contribution in [1.82, 2.24) is 5.32 Å². The third-order valence-corrected chi connectivity index (χ3v) is 5.24. The van der Waals surface area contributed by atoms with Crippen LogP contribution in [-0.2, 0) is 6.54 Å². The van der Waals surface area contributed by atoms with Gasteiger partial charge in [0.25, 0.3) is 0 Å². The van der Waals surface area contributed by atoms with E-state index in [0.717, 1.165) is 17.5 Å². The lowest BCUT2D eigenvalue weighted by molar-refractivity contribution is 0.584. The molecule has 0 bridgehead atoms. The molecule has 0 unspecified atom stereocenters. The molecule has 0 aliphatic heterocycles. The van der Waals surface area contributed by atoms with Gasteiger partial charge in [-0.1, -0.05) is 44.4 Å². The Morgan fingerprint density at radius 3 is 2.74 bits per heavy atom. The van der Waals surface area contributed by atoms with E-state index in [1.807, 2.05) is 17.8 Å². The highest BCUT2D eigenvalue weighted by atomic mass is 35.5. The Kier molecular flexibility index (Phi) is 6.06. The fourth-order valence-corrected chi connectivity index (χ4v) is 4.03. The van der Waals surface area contributed by atoms with Gasteiger partial charge in [-0.25, -0.2) is 0 Å². The number of halogens is 1. The number of hydrogen-bond acceptors (Lipinski definition) is 2. The van der Waals surface area contributed by atoms with Crippen LogP contribution in [0, 0.1) is 5.92 Å². The third kappa shape index (κ3) is 5.02. The van der Waals surface area contributed by atoms with Gasteiger partial charge < -0.3 is 5.32 Å². The van der Waals surface area contributed by atoms with Crippen molar-refractivity contribution in [3.8, 4) is 0 Å². The summed E-state index contributed by atoms with van der Waals surface area (Å²) in [6, 6.07) is 6.80. The molecule has 1 N–H and O–H groups in total. The van der Waals surface area contributed by atoms with E-state index in [1.54, 1.807) is 0 Å². The molecule has 1 nitrogen and oxygen atoms in total. The number of rotatable bonds is 6. The summed E-state index contributed by atoms with van der Waals surface area (Å²) in [4.78, 5) is 1.35. The van der Waals surface area contributed by atoms with Gasteiger partial charge in [0, 0.05) is 28.3 Å². The van der Waals surface area contributed by atoms with Crippen LogP contribution in [0.15, 0.2) is 23.1 Å². The predicted molar refractivity (Wildman–Crippen MR) is 86.1 cm³/mol. The molecule has 1 aromatic carbocycles. The summed E-state index contributed by atoms with van der Waals surface area (Å²) in [6.45, 7) is 5.30. The molecule has 0 atom stereocenters. The standard InChI is InChI=1S/C16H24ClNS/c1-12(2)18-10-14-7-8-15(17)9-16(14)19-11-13-5-3-4-6-13/h7-9,12-13,18H,3-6,10-11H2,1-2H3. The van der Waals surface area contributed by atoms with Crippen molar-refractivity contribution in [2.45, 2.75) is 57.0 Å². The van der Waals surface area contributed by atoms with E-state index in [4.69, 9.17) is 11.6 Å². The third-order valence-electron chi connectivity index (χ3n) is 3.68. The molecule has 1 saturated carbocycles. The highest BCUT2D eigenvalue weighted by molar-refractivity contribution is 7.99. The molecule has 1 fully saturated rings. The van der Waals surface area contributed by atoms with Crippen molar-refractivity contribution in [3.05, 3.63) is 28.8 Å². The average molecular weight is 298 g/mol. The van der Waals surface area contributed by atoms with Crippen LogP contribution in [0.1, 0.15) is 45.1 Å². The summed E-state index contributed by atoms with van der Waals surface area (Å²) in [7, 11) is 0. The van der Waals surface area contributed by atoms with E-state index < -0.39 is 0 Å². The van der Waals surface area contributed by atoms with Gasteiger partial charge in [0.2, 0.25) is 0 Å². The van der Waals surface area contributed by atoms with Gasteiger partial charge in [0.1, 0.15) is 0 Å². The second-order valence-corrected chi connectivity index (χ2v) is 7.25. The van der Waals surface area contributed by atoms with E-state index in [1.165, 1.54) is 41.9 Å². The average Bonchev–Trinajstić information content (AvgIpc) is 2.88. The summed E-state index contributed by atoms with van der Waals surface area (Å²) in [5, 5.41) is 4.34. The Labute approximate surface area is 126 Å². The van der Waals surface area contributed by atoms with E-state index in [-0.39, 0.29) is 0 Å². The van der Waals surface area contributed by atoms with Crippen LogP contribution in [0.4, 0.5) is 0 Å². The maximum atomic E-state index is 6.14. The Morgan fingerprint density at radius 2 is 2.05 bits per heavy atom. The Morgan fingerprint density at radius 1 is 1.32 bits per heavy atom. The van der Waals surface area contributed by atoms with Crippen molar-refractivity contribution in [2.24, 2.45) is 5.92 Å². The minimum atomic E-state index is 0.517. The Balaban J connectivity index is 1.97. The summed E-state index contributed by atoms with van der Waals surface area (Å²) < 4.78 is 0. The zero-order valence-corrected chi connectivity index (χ0v) is 13.5. The van der Waals surface area contributed by atoms with Gasteiger partial charge in [0.05, 0.1) is 0 Å². The molecular formula is C16H24ClNS. The summed E-state index contributed by atoms with van der Waals surface area (Å²) in [5.41, 5.74) is 1.38. The van der Waals surface area contributed by atoms with Crippen LogP contribution in [0.5, 0.6) is 0 Å². The van der Waals surface area contributed by atoms with Gasteiger partial charge in [-0.2, -0.15) is 0 Å². The van der Waals surface area contributed by atoms with Crippen LogP contribution in [0.25, 0.3) is 0 Å². The zero-order valence-electron chi connectivity index (χ0n) is 11.9. The first-order chi connectivity index (χ1) is 9.15. The maximum absolute atomic E-state index is 6.14. The van der Waals surface area contributed by atoms with Crippen LogP contribution < -0.4 is 5.32 Å². The zero-order chi connectivity index (χ0) is 13.7. The molecule has 0 radical (unpaired) electrons. The van der Waals surface area contributed by atoms with E-state index in [2.05, 4.69) is 31.3 Å². The molecule has 0 heterocycles. The molecule has 2 rings (SSSR count). The van der Waals surface area contributed by atoms with E-state index in [9.17, 15) is 0 Å². The second-order valence-electron chi connectivity index (χ2n) is 5.75. The minimum Gasteiger partial charge on any atom is -0.310 e. The van der Waals surface area contributed by atoms with Gasteiger partial charge in [-0.3, -0.25) is 0 Å². The predicted octanol–water partition coefficient (Wildman–Crippen LogP) is 5.12. The SMILES string of the molecule is CC(C)NCc1ccc(Cl)cc1SCC1CCCC1. The summed E-state index contributed by atoms with van der Waals surface area (Å²) >= 11 is 8.13. The number of benzene rings is 1. The van der Waals surface area contributed by atoms with Crippen LogP contribution in [0.2, 0.25) is 5.02 Å². The Hall–Kier alpha value is -0.180. The normalized spacial score (nSPS) is 16.4. The fourth-order valence-electron chi connectivity index (χ4n) is 2.51. The van der Waals surface area contributed by atoms with E-state index in [0.29, 0.717) is 6.04 Å². The van der Waals surface area contributed by atoms with Crippen molar-refractivity contribution in [1.29, 1.82) is 0 Å². The molecule has 1 aliphatic carbocycles. The molecule has 3 heteroatoms. The summed E-state index contributed by atoms with van der Waals surface area (Å²) in [5.74, 6) is 2.16. The highest BCUT2D eigenvalue weighted by Crippen LogP contribution is 2.33. The first-order valence-electron chi connectivity index (χ1n) is 7.30. The van der Waals surface area contributed by atoms with Crippen molar-refractivity contribution in [3.63, 3.8) is 0 Å². The smallest absolute Gasteiger partial charge is 0.0417 e.